The maximum atomic E-state index is 13.5. The number of nitrogens with zero attached hydrogens (tertiary/aromatic N) is 6. The topological polar surface area (TPSA) is 105 Å². The van der Waals surface area contributed by atoms with Crippen LogP contribution in [0.5, 0.6) is 11.6 Å². The van der Waals surface area contributed by atoms with Gasteiger partial charge in [-0.1, -0.05) is 24.3 Å². The van der Waals surface area contributed by atoms with Crippen LogP contribution < -0.4 is 9.47 Å². The van der Waals surface area contributed by atoms with Crippen LogP contribution in [0.25, 0.3) is 22.8 Å². The number of imidazole rings is 1. The Morgan fingerprint density at radius 3 is 2.49 bits per heavy atom. The summed E-state index contributed by atoms with van der Waals surface area (Å²) in [6.45, 7) is 0. The minimum atomic E-state index is -4.59. The number of rotatable bonds is 7. The Morgan fingerprint density at radius 2 is 1.86 bits per heavy atom. The van der Waals surface area contributed by atoms with Crippen LogP contribution in [-0.4, -0.2) is 49.4 Å². The lowest BCUT2D eigenvalue weighted by molar-refractivity contribution is -0.140. The molecule has 0 spiro atoms. The van der Waals surface area contributed by atoms with Gasteiger partial charge in [-0.3, -0.25) is 4.79 Å². The lowest BCUT2D eigenvalue weighted by Crippen LogP contribution is -2.10. The zero-order valence-corrected chi connectivity index (χ0v) is 19.6. The van der Waals surface area contributed by atoms with Gasteiger partial charge in [-0.15, -0.1) is 0 Å². The summed E-state index contributed by atoms with van der Waals surface area (Å²) in [5.74, 6) is -0.649. The van der Waals surface area contributed by atoms with E-state index in [1.165, 1.54) is 55.5 Å². The number of carbonyl (C=O) groups excluding carboxylic acids is 1. The fraction of sp³-hybridized carbons (Fsp3) is 0.280. The van der Waals surface area contributed by atoms with E-state index in [1.54, 1.807) is 0 Å². The van der Waals surface area contributed by atoms with E-state index in [1.807, 2.05) is 0 Å². The van der Waals surface area contributed by atoms with Gasteiger partial charge in [-0.2, -0.15) is 13.2 Å². The second kappa shape index (κ2) is 9.26. The molecule has 0 radical (unpaired) electrons. The van der Waals surface area contributed by atoms with Gasteiger partial charge >= 0.3 is 6.18 Å². The van der Waals surface area contributed by atoms with Gasteiger partial charge in [-0.05, 0) is 12.8 Å². The summed E-state index contributed by atoms with van der Waals surface area (Å²) in [5.41, 5.74) is 0.0659. The van der Waals surface area contributed by atoms with Crippen LogP contribution in [0.15, 0.2) is 43.0 Å². The molecule has 0 unspecified atom stereocenters. The van der Waals surface area contributed by atoms with Crippen LogP contribution in [0.2, 0.25) is 0 Å². The van der Waals surface area contributed by atoms with Gasteiger partial charge in [0, 0.05) is 30.3 Å². The molecule has 190 valence electrons. The molecule has 3 aromatic heterocycles. The van der Waals surface area contributed by atoms with E-state index in [-0.39, 0.29) is 46.0 Å². The minimum Gasteiger partial charge on any atom is -0.493 e. The zero-order valence-electron chi connectivity index (χ0n) is 22.6. The van der Waals surface area contributed by atoms with Crippen LogP contribution in [0.3, 0.4) is 0 Å². The number of aryl methyl sites for hydroxylation is 1. The molecular weight excluding hydrogens is 489 g/mol. The Kier molecular flexibility index (Phi) is 5.21. The van der Waals surface area contributed by atoms with Crippen molar-refractivity contribution in [1.82, 2.24) is 29.5 Å². The predicted octanol–water partition coefficient (Wildman–Crippen LogP) is 4.48. The second-order valence-corrected chi connectivity index (χ2v) is 8.39. The summed E-state index contributed by atoms with van der Waals surface area (Å²) in [4.78, 5) is 34.1. The molecule has 4 aromatic rings. The molecule has 0 bridgehead atoms. The number of methoxy groups -OCH3 is 2. The number of halogens is 3. The van der Waals surface area contributed by atoms with Gasteiger partial charge in [0.25, 0.3) is 0 Å². The van der Waals surface area contributed by atoms with Gasteiger partial charge < -0.3 is 14.0 Å². The number of alkyl halides is 3. The molecule has 5 rings (SSSR count). The number of ketones is 1. The first kappa shape index (κ1) is 20.8. The molecule has 12 heteroatoms. The summed E-state index contributed by atoms with van der Waals surface area (Å²) in [6.07, 6.45) is 0.422. The lowest BCUT2D eigenvalue weighted by Gasteiger charge is -2.13. The molecule has 9 nitrogen and oxygen atoms in total. The van der Waals surface area contributed by atoms with E-state index in [9.17, 15) is 18.0 Å². The van der Waals surface area contributed by atoms with Crippen molar-refractivity contribution in [2.45, 2.75) is 24.9 Å². The Bertz CT molecular complexity index is 1590. The fourth-order valence-electron chi connectivity index (χ4n) is 3.92. The summed E-state index contributed by atoms with van der Waals surface area (Å²) >= 11 is 0. The Balaban J connectivity index is 1.53. The maximum Gasteiger partial charge on any atom is 0.434 e. The van der Waals surface area contributed by atoms with E-state index < -0.39 is 24.7 Å². The summed E-state index contributed by atoms with van der Waals surface area (Å²) in [6, 6.07) is 5.82. The largest absolute Gasteiger partial charge is 0.493 e. The maximum absolute atomic E-state index is 13.5. The number of carbonyl (C=O) groups is 1. The van der Waals surface area contributed by atoms with Gasteiger partial charge in [0.2, 0.25) is 11.7 Å². The highest BCUT2D eigenvalue weighted by Crippen LogP contribution is 2.45. The Hall–Kier alpha value is -4.35. The average Bonchev–Trinajstić information content (AvgIpc) is 3.67. The van der Waals surface area contributed by atoms with Crippen LogP contribution in [-0.2, 0) is 13.2 Å². The molecule has 1 aliphatic rings. The van der Waals surface area contributed by atoms with Crippen molar-refractivity contribution in [3.8, 4) is 34.4 Å². The highest BCUT2D eigenvalue weighted by molar-refractivity contribution is 6.09. The Morgan fingerprint density at radius 1 is 1.11 bits per heavy atom. The summed E-state index contributed by atoms with van der Waals surface area (Å²) < 4.78 is 73.4. The van der Waals surface area contributed by atoms with Crippen molar-refractivity contribution >= 4 is 5.78 Å². The smallest absolute Gasteiger partial charge is 0.434 e. The van der Waals surface area contributed by atoms with E-state index >= 15 is 0 Å². The standard InChI is InChI=1S/C25H21F3N6O3/c1-34-11-17(25(26,27)28)32-23(34)15-8-6-14(7-9-15)21(35)20-16(36-2)10-29-22(33-20)18-19(13-4-5-13)30-12-31-24(18)37-3/h6-13H,4-5H2,1-3H3/i3D3. The number of hydrogen-bond acceptors (Lipinski definition) is 8. The predicted molar refractivity (Wildman–Crippen MR) is 125 cm³/mol. The molecular formula is C25H21F3N6O3. The van der Waals surface area contributed by atoms with E-state index in [0.29, 0.717) is 11.3 Å². The number of aromatic nitrogens is 6. The van der Waals surface area contributed by atoms with Gasteiger partial charge in [0.05, 0.1) is 30.2 Å². The molecule has 1 saturated carbocycles. The minimum absolute atomic E-state index is 0.0183. The number of benzene rings is 1. The van der Waals surface area contributed by atoms with Crippen molar-refractivity contribution in [3.05, 3.63) is 65.6 Å². The molecule has 37 heavy (non-hydrogen) atoms. The highest BCUT2D eigenvalue weighted by Gasteiger charge is 2.35. The normalized spacial score (nSPS) is 15.0. The lowest BCUT2D eigenvalue weighted by atomic mass is 10.0. The van der Waals surface area contributed by atoms with Gasteiger partial charge in [-0.25, -0.2) is 24.9 Å². The van der Waals surface area contributed by atoms with Crippen LogP contribution in [0.4, 0.5) is 13.2 Å². The first-order chi connectivity index (χ1) is 18.9. The van der Waals surface area contributed by atoms with Crippen LogP contribution in [0.1, 0.15) is 50.3 Å². The second-order valence-electron chi connectivity index (χ2n) is 8.39. The quantitative estimate of drug-likeness (QED) is 0.333. The highest BCUT2D eigenvalue weighted by atomic mass is 19.4. The molecule has 3 heterocycles. The first-order valence-electron chi connectivity index (χ1n) is 12.6. The third kappa shape index (κ3) is 4.61. The van der Waals surface area contributed by atoms with Gasteiger partial charge in [0.15, 0.2) is 23.0 Å². The molecule has 0 atom stereocenters. The molecule has 0 N–H and O–H groups in total. The molecule has 0 amide bonds. The third-order valence-electron chi connectivity index (χ3n) is 5.89. The first-order valence-corrected chi connectivity index (χ1v) is 11.1. The van der Waals surface area contributed by atoms with E-state index in [2.05, 4.69) is 24.9 Å². The van der Waals surface area contributed by atoms with Crippen LogP contribution in [0, 0.1) is 0 Å². The monoisotopic (exact) mass is 513 g/mol. The summed E-state index contributed by atoms with van der Waals surface area (Å²) in [5, 5.41) is 0. The van der Waals surface area contributed by atoms with Crippen molar-refractivity contribution in [1.29, 1.82) is 0 Å². The van der Waals surface area contributed by atoms with Crippen LogP contribution >= 0.6 is 0 Å². The summed E-state index contributed by atoms with van der Waals surface area (Å²) in [7, 11) is -0.0237. The van der Waals surface area contributed by atoms with Gasteiger partial charge in [0.1, 0.15) is 17.7 Å². The SMILES string of the molecule is [2H]C([2H])([2H])Oc1ncnc(C2CC2)c1-c1ncc(OC)c(C(=O)c2ccc(-c3nc(C(F)(F)F)cn3C)cc2)n1. The van der Waals surface area contributed by atoms with Crippen molar-refractivity contribution in [2.24, 2.45) is 7.05 Å². The Labute approximate surface area is 213 Å². The van der Waals surface area contributed by atoms with Crippen molar-refractivity contribution in [3.63, 3.8) is 0 Å². The van der Waals surface area contributed by atoms with E-state index in [0.717, 1.165) is 19.0 Å². The third-order valence-corrected chi connectivity index (χ3v) is 5.89. The number of ether oxygens (including phenoxy) is 2. The number of hydrogen-bond donors (Lipinski definition) is 0. The van der Waals surface area contributed by atoms with Crippen molar-refractivity contribution < 1.29 is 31.6 Å². The van der Waals surface area contributed by atoms with Crippen molar-refractivity contribution in [2.75, 3.05) is 14.1 Å². The fourth-order valence-corrected chi connectivity index (χ4v) is 3.92. The zero-order chi connectivity index (χ0) is 28.8. The molecule has 1 aromatic carbocycles. The van der Waals surface area contributed by atoms with E-state index in [4.69, 9.17) is 13.6 Å². The molecule has 0 saturated heterocycles. The molecule has 1 fully saturated rings. The molecule has 0 aliphatic heterocycles. The molecule has 1 aliphatic carbocycles. The average molecular weight is 513 g/mol.